The lowest BCUT2D eigenvalue weighted by molar-refractivity contribution is -0.128. The van der Waals surface area contributed by atoms with Crippen molar-refractivity contribution in [1.82, 2.24) is 10.4 Å². The first-order chi connectivity index (χ1) is 14.5. The van der Waals surface area contributed by atoms with Crippen molar-refractivity contribution in [3.05, 3.63) is 106 Å². The quantitative estimate of drug-likeness (QED) is 0.409. The molecule has 0 aromatic heterocycles. The Labute approximate surface area is 188 Å². The van der Waals surface area contributed by atoms with Crippen LogP contribution in [0.5, 0.6) is 0 Å². The largest absolute Gasteiger partial charge is 0.288 e. The molecule has 156 valence electrons. The zero-order chi connectivity index (χ0) is 21.5. The summed E-state index contributed by atoms with van der Waals surface area (Å²) in [5.74, 6) is -0.224. The maximum atomic E-state index is 13.1. The van der Waals surface area contributed by atoms with Crippen LogP contribution < -0.4 is 5.43 Å². The van der Waals surface area contributed by atoms with E-state index in [-0.39, 0.29) is 17.9 Å². The van der Waals surface area contributed by atoms with Crippen LogP contribution >= 0.6 is 23.2 Å². The van der Waals surface area contributed by atoms with Crippen molar-refractivity contribution in [3.8, 4) is 0 Å². The molecule has 2 atom stereocenters. The first-order valence-corrected chi connectivity index (χ1v) is 10.8. The fraction of sp³-hybridized carbons (Fsp3) is 0.240. The molecule has 3 rings (SSSR count). The summed E-state index contributed by atoms with van der Waals surface area (Å²) in [6.07, 6.45) is 1.43. The van der Waals surface area contributed by atoms with Crippen molar-refractivity contribution in [2.45, 2.75) is 31.7 Å². The second-order valence-electron chi connectivity index (χ2n) is 7.36. The Balaban J connectivity index is 1.83. The van der Waals surface area contributed by atoms with Crippen molar-refractivity contribution in [2.75, 3.05) is 7.05 Å². The fourth-order valence-electron chi connectivity index (χ4n) is 3.62. The molecule has 3 aromatic carbocycles. The van der Waals surface area contributed by atoms with E-state index in [1.807, 2.05) is 97.8 Å². The Kier molecular flexibility index (Phi) is 7.92. The molecular weight excluding hydrogens is 415 g/mol. The minimum atomic E-state index is -0.204. The van der Waals surface area contributed by atoms with Gasteiger partial charge >= 0.3 is 0 Å². The predicted octanol–water partition coefficient (Wildman–Crippen LogP) is 6.43. The summed E-state index contributed by atoms with van der Waals surface area (Å²) in [4.78, 5) is 13.1. The van der Waals surface area contributed by atoms with Crippen LogP contribution in [0.25, 0.3) is 0 Å². The fourth-order valence-corrected chi connectivity index (χ4v) is 3.95. The highest BCUT2D eigenvalue weighted by Crippen LogP contribution is 2.27. The van der Waals surface area contributed by atoms with Gasteiger partial charge in [0.15, 0.2) is 0 Å². The summed E-state index contributed by atoms with van der Waals surface area (Å²) in [5, 5.41) is 3.26. The van der Waals surface area contributed by atoms with Crippen LogP contribution in [0.15, 0.2) is 78.9 Å². The van der Waals surface area contributed by atoms with E-state index in [2.05, 4.69) is 5.43 Å². The lowest BCUT2D eigenvalue weighted by atomic mass is 9.95. The number of nitrogens with one attached hydrogen (secondary N) is 1. The Morgan fingerprint density at radius 2 is 1.57 bits per heavy atom. The molecule has 0 spiro atoms. The molecule has 3 nitrogen and oxygen atoms in total. The smallest absolute Gasteiger partial charge is 0.241 e. The number of amides is 1. The van der Waals surface area contributed by atoms with Gasteiger partial charge in [-0.15, -0.1) is 0 Å². The molecule has 0 aliphatic carbocycles. The molecule has 3 aromatic rings. The van der Waals surface area contributed by atoms with Gasteiger partial charge in [0, 0.05) is 17.1 Å². The number of hydrazine groups is 1. The van der Waals surface area contributed by atoms with E-state index in [0.717, 1.165) is 23.1 Å². The van der Waals surface area contributed by atoms with Gasteiger partial charge in [-0.05, 0) is 53.8 Å². The van der Waals surface area contributed by atoms with Crippen LogP contribution in [-0.2, 0) is 11.2 Å². The maximum absolute atomic E-state index is 13.1. The van der Waals surface area contributed by atoms with E-state index < -0.39 is 0 Å². The number of nitrogens with zero attached hydrogens (tertiary/aromatic N) is 1. The number of benzene rings is 3. The highest BCUT2D eigenvalue weighted by Gasteiger charge is 2.24. The third kappa shape index (κ3) is 5.85. The second kappa shape index (κ2) is 10.6. The standard InChI is InChI=1S/C25H26Cl2N2O/c1-3-23(19-8-5-4-6-9-19)25(30)28-29(2)24(20-10-7-11-22(27)17-20)16-18-12-14-21(26)15-13-18/h4-15,17,23-24H,3,16H2,1-2H3,(H,28,30)/t23-,24?/m0/s1. The van der Waals surface area contributed by atoms with E-state index in [1.165, 1.54) is 0 Å². The molecule has 0 bridgehead atoms. The van der Waals surface area contributed by atoms with Crippen molar-refractivity contribution in [1.29, 1.82) is 0 Å². The van der Waals surface area contributed by atoms with Gasteiger partial charge in [-0.3, -0.25) is 10.2 Å². The molecule has 1 amide bonds. The molecule has 1 N–H and O–H groups in total. The Morgan fingerprint density at radius 3 is 2.20 bits per heavy atom. The highest BCUT2D eigenvalue weighted by molar-refractivity contribution is 6.30. The average Bonchev–Trinajstić information content (AvgIpc) is 2.74. The van der Waals surface area contributed by atoms with Crippen LogP contribution in [0, 0.1) is 0 Å². The zero-order valence-electron chi connectivity index (χ0n) is 17.2. The molecule has 0 radical (unpaired) electrons. The summed E-state index contributed by atoms with van der Waals surface area (Å²) < 4.78 is 0. The second-order valence-corrected chi connectivity index (χ2v) is 8.23. The third-order valence-corrected chi connectivity index (χ3v) is 5.74. The van der Waals surface area contributed by atoms with E-state index in [4.69, 9.17) is 23.2 Å². The van der Waals surface area contributed by atoms with Crippen molar-refractivity contribution >= 4 is 29.1 Å². The molecule has 0 saturated carbocycles. The Hall–Kier alpha value is -2.33. The van der Waals surface area contributed by atoms with Gasteiger partial charge in [0.2, 0.25) is 5.91 Å². The van der Waals surface area contributed by atoms with E-state index in [1.54, 1.807) is 0 Å². The van der Waals surface area contributed by atoms with Crippen LogP contribution in [0.1, 0.15) is 42.0 Å². The lowest BCUT2D eigenvalue weighted by Gasteiger charge is -2.30. The molecule has 30 heavy (non-hydrogen) atoms. The van der Waals surface area contributed by atoms with Crippen molar-refractivity contribution in [2.24, 2.45) is 0 Å². The van der Waals surface area contributed by atoms with E-state index in [0.29, 0.717) is 16.5 Å². The molecule has 0 aliphatic heterocycles. The molecule has 0 aliphatic rings. The molecule has 0 fully saturated rings. The van der Waals surface area contributed by atoms with Gasteiger partial charge in [0.25, 0.3) is 0 Å². The summed E-state index contributed by atoms with van der Waals surface area (Å²) in [7, 11) is 1.90. The maximum Gasteiger partial charge on any atom is 0.241 e. The van der Waals surface area contributed by atoms with Gasteiger partial charge in [-0.1, -0.05) is 84.7 Å². The van der Waals surface area contributed by atoms with E-state index >= 15 is 0 Å². The Bertz CT molecular complexity index is 960. The third-order valence-electron chi connectivity index (χ3n) is 5.26. The SMILES string of the molecule is CC[C@H](C(=O)NN(C)C(Cc1ccc(Cl)cc1)c1cccc(Cl)c1)c1ccccc1. The number of carbonyl (C=O) groups excluding carboxylic acids is 1. The minimum absolute atomic E-state index is 0.0191. The van der Waals surface area contributed by atoms with Crippen molar-refractivity contribution in [3.63, 3.8) is 0 Å². The van der Waals surface area contributed by atoms with Crippen LogP contribution in [0.3, 0.4) is 0 Å². The molecule has 1 unspecified atom stereocenters. The number of halogens is 2. The normalized spacial score (nSPS) is 13.1. The van der Waals surface area contributed by atoms with Crippen LogP contribution in [-0.4, -0.2) is 18.0 Å². The Morgan fingerprint density at radius 1 is 0.900 bits per heavy atom. The first kappa shape index (κ1) is 22.4. The minimum Gasteiger partial charge on any atom is -0.288 e. The van der Waals surface area contributed by atoms with Crippen LogP contribution in [0.4, 0.5) is 0 Å². The van der Waals surface area contributed by atoms with Crippen LogP contribution in [0.2, 0.25) is 10.0 Å². The predicted molar refractivity (Wildman–Crippen MR) is 125 cm³/mol. The molecule has 5 heteroatoms. The average molecular weight is 441 g/mol. The number of rotatable bonds is 8. The van der Waals surface area contributed by atoms with Gasteiger partial charge in [-0.25, -0.2) is 5.01 Å². The van der Waals surface area contributed by atoms with Crippen molar-refractivity contribution < 1.29 is 4.79 Å². The highest BCUT2D eigenvalue weighted by atomic mass is 35.5. The van der Waals surface area contributed by atoms with Gasteiger partial charge in [-0.2, -0.15) is 0 Å². The monoisotopic (exact) mass is 440 g/mol. The van der Waals surface area contributed by atoms with Gasteiger partial charge < -0.3 is 0 Å². The zero-order valence-corrected chi connectivity index (χ0v) is 18.7. The topological polar surface area (TPSA) is 32.3 Å². The summed E-state index contributed by atoms with van der Waals surface area (Å²) in [6.45, 7) is 2.03. The summed E-state index contributed by atoms with van der Waals surface area (Å²) in [5.41, 5.74) is 6.28. The number of carbonyl (C=O) groups is 1. The number of hydrogen-bond donors (Lipinski definition) is 1. The van der Waals surface area contributed by atoms with Gasteiger partial charge in [0.05, 0.1) is 12.0 Å². The molecule has 0 heterocycles. The first-order valence-electron chi connectivity index (χ1n) is 10.1. The molecule has 0 saturated heterocycles. The summed E-state index contributed by atoms with van der Waals surface area (Å²) in [6, 6.07) is 25.3. The number of likely N-dealkylation sites (N-methyl/N-ethyl adjacent to an activating group) is 1. The van der Waals surface area contributed by atoms with E-state index in [9.17, 15) is 4.79 Å². The van der Waals surface area contributed by atoms with Gasteiger partial charge in [0.1, 0.15) is 0 Å². The summed E-state index contributed by atoms with van der Waals surface area (Å²) >= 11 is 12.3. The molecular formula is C25H26Cl2N2O. The number of hydrogen-bond acceptors (Lipinski definition) is 2. The lowest BCUT2D eigenvalue weighted by Crippen LogP contribution is -2.44.